The molecule has 0 rings (SSSR count). The second kappa shape index (κ2) is 11.3. The Hall–Kier alpha value is -1.38. The number of Topliss-reactive ketones (excluding diaryl/α,β-unsaturated/α-hetero) is 1. The monoisotopic (exact) mass is 294 g/mol. The van der Waals surface area contributed by atoms with Gasteiger partial charge in [0.15, 0.2) is 0 Å². The molecule has 0 aliphatic rings. The van der Waals surface area contributed by atoms with E-state index in [1.54, 1.807) is 13.8 Å². The molecule has 0 aromatic rings. The van der Waals surface area contributed by atoms with Crippen molar-refractivity contribution in [2.45, 2.75) is 72.6 Å². The number of hydrogen-bond donors (Lipinski definition) is 1. The van der Waals surface area contributed by atoms with Gasteiger partial charge >= 0.3 is 5.97 Å². The Morgan fingerprint density at radius 3 is 2.00 bits per heavy atom. The summed E-state index contributed by atoms with van der Waals surface area (Å²) in [5.41, 5.74) is 2.67. The number of rotatable bonds is 11. The van der Waals surface area contributed by atoms with Crippen molar-refractivity contribution >= 4 is 11.8 Å². The second-order valence-electron chi connectivity index (χ2n) is 6.01. The van der Waals surface area contributed by atoms with Crippen LogP contribution in [0.1, 0.15) is 72.6 Å². The first-order chi connectivity index (χ1) is 9.82. The first-order valence-electron chi connectivity index (χ1n) is 7.86. The van der Waals surface area contributed by atoms with Gasteiger partial charge in [0, 0.05) is 6.42 Å². The second-order valence-corrected chi connectivity index (χ2v) is 6.01. The zero-order valence-electron chi connectivity index (χ0n) is 13.9. The Labute approximate surface area is 129 Å². The molecular formula is C18H30O3. The quantitative estimate of drug-likeness (QED) is 0.550. The minimum Gasteiger partial charge on any atom is -0.481 e. The Balaban J connectivity index is 3.86. The van der Waals surface area contributed by atoms with Crippen molar-refractivity contribution in [3.05, 3.63) is 23.3 Å². The van der Waals surface area contributed by atoms with Crippen LogP contribution in [0.25, 0.3) is 0 Å². The van der Waals surface area contributed by atoms with Crippen molar-refractivity contribution in [1.29, 1.82) is 0 Å². The van der Waals surface area contributed by atoms with Gasteiger partial charge in [-0.3, -0.25) is 4.79 Å². The van der Waals surface area contributed by atoms with E-state index in [0.29, 0.717) is 6.42 Å². The maximum absolute atomic E-state index is 10.8. The molecule has 0 fully saturated rings. The van der Waals surface area contributed by atoms with Crippen molar-refractivity contribution in [3.8, 4) is 0 Å². The highest BCUT2D eigenvalue weighted by Crippen LogP contribution is 2.14. The first-order valence-corrected chi connectivity index (χ1v) is 7.86. The van der Waals surface area contributed by atoms with Gasteiger partial charge in [0.2, 0.25) is 0 Å². The van der Waals surface area contributed by atoms with E-state index in [1.165, 1.54) is 11.1 Å². The van der Waals surface area contributed by atoms with Crippen molar-refractivity contribution in [2.24, 2.45) is 5.92 Å². The molecule has 0 radical (unpaired) electrons. The SMILES string of the molecule is CC(=O)CCC=C(C)CCC=C(C)CCCC(C)C(=O)O. The maximum atomic E-state index is 10.8. The summed E-state index contributed by atoms with van der Waals surface area (Å²) in [4.78, 5) is 21.6. The fraction of sp³-hybridized carbons (Fsp3) is 0.667. The van der Waals surface area contributed by atoms with Crippen LogP contribution in [0, 0.1) is 5.92 Å². The Bertz CT molecular complexity index is 391. The van der Waals surface area contributed by atoms with Gasteiger partial charge < -0.3 is 9.90 Å². The summed E-state index contributed by atoms with van der Waals surface area (Å²) in [6, 6.07) is 0. The van der Waals surface area contributed by atoms with Crippen LogP contribution in [0.2, 0.25) is 0 Å². The van der Waals surface area contributed by atoms with E-state index in [0.717, 1.165) is 38.5 Å². The van der Waals surface area contributed by atoms with Crippen LogP contribution in [-0.4, -0.2) is 16.9 Å². The van der Waals surface area contributed by atoms with Crippen LogP contribution in [0.5, 0.6) is 0 Å². The van der Waals surface area contributed by atoms with E-state index in [2.05, 4.69) is 26.0 Å². The lowest BCUT2D eigenvalue weighted by molar-refractivity contribution is -0.141. The molecule has 0 saturated carbocycles. The van der Waals surface area contributed by atoms with Crippen LogP contribution < -0.4 is 0 Å². The summed E-state index contributed by atoms with van der Waals surface area (Å²) in [7, 11) is 0. The molecule has 3 heteroatoms. The van der Waals surface area contributed by atoms with Gasteiger partial charge in [-0.25, -0.2) is 0 Å². The standard InChI is InChI=1S/C18H30O3/c1-14(10-6-12-16(3)18(20)21)8-5-9-15(2)11-7-13-17(4)19/h8,11,16H,5-7,9-10,12-13H2,1-4H3,(H,20,21). The third-order valence-electron chi connectivity index (χ3n) is 3.65. The highest BCUT2D eigenvalue weighted by molar-refractivity contribution is 5.75. The molecule has 0 aromatic carbocycles. The highest BCUT2D eigenvalue weighted by Gasteiger charge is 2.09. The summed E-state index contributed by atoms with van der Waals surface area (Å²) < 4.78 is 0. The predicted molar refractivity (Wildman–Crippen MR) is 87.3 cm³/mol. The third kappa shape index (κ3) is 12.1. The average molecular weight is 294 g/mol. The summed E-state index contributed by atoms with van der Waals surface area (Å²) in [5, 5.41) is 8.81. The number of ketones is 1. The number of carboxylic acid groups (broad SMARTS) is 1. The molecule has 1 N–H and O–H groups in total. The van der Waals surface area contributed by atoms with Gasteiger partial charge in [-0.2, -0.15) is 0 Å². The van der Waals surface area contributed by atoms with Gasteiger partial charge in [0.25, 0.3) is 0 Å². The molecule has 0 aliphatic heterocycles. The summed E-state index contributed by atoms with van der Waals surface area (Å²) in [6.07, 6.45) is 10.6. The molecule has 1 atom stereocenters. The summed E-state index contributed by atoms with van der Waals surface area (Å²) >= 11 is 0. The molecule has 0 saturated heterocycles. The van der Waals surface area contributed by atoms with E-state index >= 15 is 0 Å². The van der Waals surface area contributed by atoms with Crippen molar-refractivity contribution < 1.29 is 14.7 Å². The van der Waals surface area contributed by atoms with Crippen LogP contribution in [0.3, 0.4) is 0 Å². The van der Waals surface area contributed by atoms with E-state index in [9.17, 15) is 9.59 Å². The first kappa shape index (κ1) is 19.6. The molecule has 0 heterocycles. The fourth-order valence-electron chi connectivity index (χ4n) is 2.08. The number of hydrogen-bond acceptors (Lipinski definition) is 2. The zero-order chi connectivity index (χ0) is 16.3. The zero-order valence-corrected chi connectivity index (χ0v) is 13.9. The fourth-order valence-corrected chi connectivity index (χ4v) is 2.08. The molecular weight excluding hydrogens is 264 g/mol. The van der Waals surface area contributed by atoms with Gasteiger partial charge in [-0.15, -0.1) is 0 Å². The topological polar surface area (TPSA) is 54.4 Å². The number of carboxylic acids is 1. The number of allylic oxidation sites excluding steroid dienone is 4. The number of aliphatic carboxylic acids is 1. The molecule has 0 spiro atoms. The summed E-state index contributed by atoms with van der Waals surface area (Å²) in [6.45, 7) is 7.61. The van der Waals surface area contributed by atoms with Crippen LogP contribution in [0.15, 0.2) is 23.3 Å². The molecule has 21 heavy (non-hydrogen) atoms. The normalized spacial score (nSPS) is 14.1. The smallest absolute Gasteiger partial charge is 0.306 e. The predicted octanol–water partition coefficient (Wildman–Crippen LogP) is 4.92. The molecule has 0 amide bonds. The van der Waals surface area contributed by atoms with E-state index in [1.807, 2.05) is 0 Å². The lowest BCUT2D eigenvalue weighted by Gasteiger charge is -2.06. The van der Waals surface area contributed by atoms with Gasteiger partial charge in [-0.1, -0.05) is 30.2 Å². The highest BCUT2D eigenvalue weighted by atomic mass is 16.4. The van der Waals surface area contributed by atoms with Crippen molar-refractivity contribution in [3.63, 3.8) is 0 Å². The molecule has 3 nitrogen and oxygen atoms in total. The third-order valence-corrected chi connectivity index (χ3v) is 3.65. The maximum Gasteiger partial charge on any atom is 0.306 e. The Kier molecular flexibility index (Phi) is 10.6. The van der Waals surface area contributed by atoms with Gasteiger partial charge in [-0.05, 0) is 59.3 Å². The average Bonchev–Trinajstić information content (AvgIpc) is 2.37. The minimum absolute atomic E-state index is 0.241. The summed E-state index contributed by atoms with van der Waals surface area (Å²) in [5.74, 6) is -0.711. The Morgan fingerprint density at radius 2 is 1.48 bits per heavy atom. The Morgan fingerprint density at radius 1 is 0.952 bits per heavy atom. The van der Waals surface area contributed by atoms with Crippen molar-refractivity contribution in [1.82, 2.24) is 0 Å². The largest absolute Gasteiger partial charge is 0.481 e. The minimum atomic E-state index is -0.706. The van der Waals surface area contributed by atoms with E-state index in [4.69, 9.17) is 5.11 Å². The number of carbonyl (C=O) groups is 2. The van der Waals surface area contributed by atoms with Crippen molar-refractivity contribution in [2.75, 3.05) is 0 Å². The molecule has 0 bridgehead atoms. The van der Waals surface area contributed by atoms with Crippen LogP contribution in [-0.2, 0) is 9.59 Å². The lowest BCUT2D eigenvalue weighted by atomic mass is 10.0. The molecule has 1 unspecified atom stereocenters. The van der Waals surface area contributed by atoms with Crippen LogP contribution in [0.4, 0.5) is 0 Å². The molecule has 0 aliphatic carbocycles. The van der Waals surface area contributed by atoms with Gasteiger partial charge in [0.1, 0.15) is 5.78 Å². The van der Waals surface area contributed by atoms with Gasteiger partial charge in [0.05, 0.1) is 5.92 Å². The number of carbonyl (C=O) groups excluding carboxylic acids is 1. The molecule has 120 valence electrons. The molecule has 0 aromatic heterocycles. The van der Waals surface area contributed by atoms with E-state index in [-0.39, 0.29) is 11.7 Å². The lowest BCUT2D eigenvalue weighted by Crippen LogP contribution is -2.08. The van der Waals surface area contributed by atoms with E-state index < -0.39 is 5.97 Å². The van der Waals surface area contributed by atoms with Crippen LogP contribution >= 0.6 is 0 Å².